The van der Waals surface area contributed by atoms with Gasteiger partial charge in [-0.15, -0.1) is 11.3 Å². The molecule has 3 heterocycles. The molecule has 1 saturated heterocycles. The summed E-state index contributed by atoms with van der Waals surface area (Å²) >= 11 is 8.69. The molecule has 1 N–H and O–H groups in total. The number of fused-ring (bicyclic) bond motifs is 3. The molecule has 0 saturated carbocycles. The van der Waals surface area contributed by atoms with Crippen LogP contribution in [0.15, 0.2) is 29.2 Å². The van der Waals surface area contributed by atoms with E-state index in [0.717, 1.165) is 40.7 Å². The van der Waals surface area contributed by atoms with Crippen molar-refractivity contribution >= 4 is 73.3 Å². The lowest BCUT2D eigenvalue weighted by Gasteiger charge is -2.18. The van der Waals surface area contributed by atoms with Gasteiger partial charge in [0.1, 0.15) is 10.7 Å². The van der Waals surface area contributed by atoms with E-state index in [9.17, 15) is 4.79 Å². The summed E-state index contributed by atoms with van der Waals surface area (Å²) in [4.78, 5) is 29.3. The maximum atomic E-state index is 13.5. The molecule has 0 spiro atoms. The van der Waals surface area contributed by atoms with Crippen LogP contribution in [0.5, 0.6) is 0 Å². The van der Waals surface area contributed by atoms with Gasteiger partial charge >= 0.3 is 0 Å². The minimum atomic E-state index is -0.137. The normalized spacial score (nSPS) is 17.3. The molecule has 5 rings (SSSR count). The van der Waals surface area contributed by atoms with Crippen LogP contribution < -0.4 is 9.80 Å². The molecule has 170 valence electrons. The van der Waals surface area contributed by atoms with Crippen LogP contribution in [0.3, 0.4) is 0 Å². The Bertz CT molecular complexity index is 1280. The van der Waals surface area contributed by atoms with Gasteiger partial charge in [0, 0.05) is 24.2 Å². The topological polar surface area (TPSA) is 69.6 Å². The summed E-state index contributed by atoms with van der Waals surface area (Å²) in [5, 5.41) is 10.1. The highest BCUT2D eigenvalue weighted by atomic mass is 32.2. The van der Waals surface area contributed by atoms with Crippen molar-refractivity contribution in [1.82, 2.24) is 9.97 Å². The maximum Gasteiger partial charge on any atom is 0.272 e. The summed E-state index contributed by atoms with van der Waals surface area (Å²) in [6.45, 7) is 2.53. The molecule has 2 aliphatic rings. The summed E-state index contributed by atoms with van der Waals surface area (Å²) in [5.41, 5.74) is 3.22. The van der Waals surface area contributed by atoms with Crippen LogP contribution in [0.2, 0.25) is 0 Å². The number of thioether (sulfide) groups is 1. The molecule has 6 nitrogen and oxygen atoms in total. The predicted octanol–water partition coefficient (Wildman–Crippen LogP) is 4.71. The number of aryl methyl sites for hydroxylation is 3. The number of thiocarbonyl (C=S) groups is 1. The predicted molar refractivity (Wildman–Crippen MR) is 141 cm³/mol. The standard InChI is InChI=1S/C24H24N4O2S3/c1-14-25-21(20-17-5-3-4-6-18(17)32-22(20)26-14)28-23(30)19(33-24(28)31)13-15-7-9-16(10-8-15)27(2)11-12-29/h7-10,13,29H,3-6,11-12H2,1-2H3/b19-13+. The lowest BCUT2D eigenvalue weighted by molar-refractivity contribution is -0.113. The number of aliphatic hydroxyl groups excluding tert-OH is 1. The Hall–Kier alpha value is -2.33. The first-order chi connectivity index (χ1) is 16.0. The average molecular weight is 497 g/mol. The fourth-order valence-corrected chi connectivity index (χ4v) is 6.87. The molecule has 0 atom stereocenters. The van der Waals surface area contributed by atoms with Gasteiger partial charge in [-0.1, -0.05) is 36.1 Å². The highest BCUT2D eigenvalue weighted by Crippen LogP contribution is 2.43. The molecule has 1 amide bonds. The van der Waals surface area contributed by atoms with Gasteiger partial charge in [-0.2, -0.15) is 0 Å². The first kappa shape index (κ1) is 22.5. The number of benzene rings is 1. The summed E-state index contributed by atoms with van der Waals surface area (Å²) in [7, 11) is 1.93. The lowest BCUT2D eigenvalue weighted by Crippen LogP contribution is -2.29. The van der Waals surface area contributed by atoms with Crippen molar-refractivity contribution in [2.45, 2.75) is 32.6 Å². The zero-order valence-corrected chi connectivity index (χ0v) is 20.9. The molecular formula is C24H24N4O2S3. The van der Waals surface area contributed by atoms with E-state index in [1.165, 1.54) is 28.6 Å². The number of aromatic nitrogens is 2. The average Bonchev–Trinajstić information content (AvgIpc) is 3.30. The molecule has 33 heavy (non-hydrogen) atoms. The molecule has 0 unspecified atom stereocenters. The Balaban J connectivity index is 1.49. The molecule has 9 heteroatoms. The van der Waals surface area contributed by atoms with E-state index in [1.807, 2.05) is 49.2 Å². The number of nitrogens with zero attached hydrogens (tertiary/aromatic N) is 4. The Labute approximate surface area is 206 Å². The molecule has 2 aromatic heterocycles. The Morgan fingerprint density at radius 1 is 1.21 bits per heavy atom. The first-order valence-electron chi connectivity index (χ1n) is 10.9. The summed E-state index contributed by atoms with van der Waals surface area (Å²) in [5.74, 6) is 1.14. The zero-order valence-electron chi connectivity index (χ0n) is 18.5. The van der Waals surface area contributed by atoms with Crippen molar-refractivity contribution in [2.24, 2.45) is 0 Å². The number of rotatable bonds is 5. The molecule has 0 radical (unpaired) electrons. The van der Waals surface area contributed by atoms with Crippen LogP contribution in [0.4, 0.5) is 11.5 Å². The third kappa shape index (κ3) is 4.19. The van der Waals surface area contributed by atoms with Gasteiger partial charge in [-0.25, -0.2) is 14.9 Å². The zero-order chi connectivity index (χ0) is 23.1. The fraction of sp³-hybridized carbons (Fsp3) is 0.333. The summed E-state index contributed by atoms with van der Waals surface area (Å²) in [6, 6.07) is 7.91. The number of amides is 1. The molecule has 1 aromatic carbocycles. The van der Waals surface area contributed by atoms with Crippen LogP contribution in [-0.4, -0.2) is 45.5 Å². The van der Waals surface area contributed by atoms with E-state index in [2.05, 4.69) is 4.98 Å². The van der Waals surface area contributed by atoms with Crippen molar-refractivity contribution in [3.05, 3.63) is 51.0 Å². The van der Waals surface area contributed by atoms with Crippen molar-refractivity contribution in [3.63, 3.8) is 0 Å². The summed E-state index contributed by atoms with van der Waals surface area (Å²) in [6.07, 6.45) is 6.28. The monoisotopic (exact) mass is 496 g/mol. The van der Waals surface area contributed by atoms with Crippen molar-refractivity contribution in [3.8, 4) is 0 Å². The first-order valence-corrected chi connectivity index (χ1v) is 13.0. The minimum Gasteiger partial charge on any atom is -0.395 e. The second-order valence-corrected chi connectivity index (χ2v) is 11.0. The van der Waals surface area contributed by atoms with Crippen molar-refractivity contribution < 1.29 is 9.90 Å². The molecular weight excluding hydrogens is 472 g/mol. The van der Waals surface area contributed by atoms with Gasteiger partial charge in [-0.05, 0) is 61.9 Å². The van der Waals surface area contributed by atoms with Crippen LogP contribution in [-0.2, 0) is 17.6 Å². The summed E-state index contributed by atoms with van der Waals surface area (Å²) < 4.78 is 0.501. The highest BCUT2D eigenvalue weighted by molar-refractivity contribution is 8.27. The third-order valence-electron chi connectivity index (χ3n) is 5.98. The fourth-order valence-electron chi connectivity index (χ4n) is 4.31. The molecule has 3 aromatic rings. The molecule has 0 bridgehead atoms. The quantitative estimate of drug-likeness (QED) is 0.405. The largest absolute Gasteiger partial charge is 0.395 e. The van der Waals surface area contributed by atoms with E-state index in [-0.39, 0.29) is 12.5 Å². The van der Waals surface area contributed by atoms with Gasteiger partial charge < -0.3 is 10.0 Å². The van der Waals surface area contributed by atoms with E-state index >= 15 is 0 Å². The van der Waals surface area contributed by atoms with E-state index < -0.39 is 0 Å². The Morgan fingerprint density at radius 3 is 2.73 bits per heavy atom. The number of carbonyl (C=O) groups excluding carboxylic acids is 1. The number of hydrogen-bond donors (Lipinski definition) is 1. The van der Waals surface area contributed by atoms with Crippen LogP contribution in [0, 0.1) is 6.92 Å². The number of thiophene rings is 1. The van der Waals surface area contributed by atoms with Crippen LogP contribution in [0.25, 0.3) is 16.3 Å². The number of aliphatic hydroxyl groups is 1. The molecule has 1 aliphatic heterocycles. The Kier molecular flexibility index (Phi) is 6.22. The van der Waals surface area contributed by atoms with Gasteiger partial charge in [-0.3, -0.25) is 4.79 Å². The molecule has 1 fully saturated rings. The number of anilines is 2. The van der Waals surface area contributed by atoms with Gasteiger partial charge in [0.2, 0.25) is 0 Å². The van der Waals surface area contributed by atoms with Gasteiger partial charge in [0.25, 0.3) is 5.91 Å². The number of carbonyl (C=O) groups is 1. The van der Waals surface area contributed by atoms with E-state index in [1.54, 1.807) is 16.2 Å². The van der Waals surface area contributed by atoms with Crippen LogP contribution >= 0.6 is 35.3 Å². The van der Waals surface area contributed by atoms with Crippen molar-refractivity contribution in [1.29, 1.82) is 0 Å². The SMILES string of the molecule is Cc1nc(N2C(=O)/C(=C\c3ccc(N(C)CCO)cc3)SC2=S)c2c3c(sc2n1)CCCC3. The van der Waals surface area contributed by atoms with Crippen LogP contribution in [0.1, 0.15) is 34.7 Å². The minimum absolute atomic E-state index is 0.101. The van der Waals surface area contributed by atoms with E-state index in [0.29, 0.717) is 27.4 Å². The maximum absolute atomic E-state index is 13.5. The third-order valence-corrected chi connectivity index (χ3v) is 8.47. The number of likely N-dealkylation sites (N-methyl/N-ethyl adjacent to an activating group) is 1. The second kappa shape index (κ2) is 9.13. The highest BCUT2D eigenvalue weighted by Gasteiger charge is 2.37. The smallest absolute Gasteiger partial charge is 0.272 e. The van der Waals surface area contributed by atoms with Crippen molar-refractivity contribution in [2.75, 3.05) is 30.0 Å². The molecule has 1 aliphatic carbocycles. The second-order valence-electron chi connectivity index (χ2n) is 8.24. The van der Waals surface area contributed by atoms with Gasteiger partial charge in [0.05, 0.1) is 16.9 Å². The van der Waals surface area contributed by atoms with Gasteiger partial charge in [0.15, 0.2) is 10.1 Å². The van der Waals surface area contributed by atoms with E-state index in [4.69, 9.17) is 22.3 Å². The number of hydrogen-bond acceptors (Lipinski definition) is 8. The Morgan fingerprint density at radius 2 is 1.97 bits per heavy atom. The lowest BCUT2D eigenvalue weighted by atomic mass is 9.97.